The molecule has 0 saturated heterocycles. The van der Waals surface area contributed by atoms with Gasteiger partial charge >= 0.3 is 12.1 Å². The largest absolute Gasteiger partial charge is 0.460 e. The summed E-state index contributed by atoms with van der Waals surface area (Å²) in [5, 5.41) is 0. The van der Waals surface area contributed by atoms with Crippen molar-refractivity contribution in [1.82, 2.24) is 0 Å². The minimum absolute atomic E-state index is 0.0351. The van der Waals surface area contributed by atoms with E-state index in [1.54, 1.807) is 20.8 Å². The van der Waals surface area contributed by atoms with E-state index in [4.69, 9.17) is 4.74 Å². The Labute approximate surface area is 99.5 Å². The fourth-order valence-corrected chi connectivity index (χ4v) is 2.18. The number of esters is 1. The van der Waals surface area contributed by atoms with Crippen molar-refractivity contribution in [1.29, 1.82) is 0 Å². The molecule has 1 fully saturated rings. The van der Waals surface area contributed by atoms with Crippen LogP contribution in [0.3, 0.4) is 0 Å². The molecule has 0 amide bonds. The molecule has 17 heavy (non-hydrogen) atoms. The highest BCUT2D eigenvalue weighted by atomic mass is 19.4. The third-order valence-corrected chi connectivity index (χ3v) is 2.90. The van der Waals surface area contributed by atoms with E-state index in [9.17, 15) is 18.0 Å². The summed E-state index contributed by atoms with van der Waals surface area (Å²) in [6, 6.07) is 0. The lowest BCUT2D eigenvalue weighted by molar-refractivity contribution is -0.208. The number of alkyl halides is 3. The van der Waals surface area contributed by atoms with Crippen LogP contribution in [0.4, 0.5) is 13.2 Å². The molecule has 0 radical (unpaired) electrons. The van der Waals surface area contributed by atoms with Gasteiger partial charge < -0.3 is 4.74 Å². The number of carbonyl (C=O) groups excluding carboxylic acids is 1. The average molecular weight is 252 g/mol. The molecular weight excluding hydrogens is 233 g/mol. The quantitative estimate of drug-likeness (QED) is 0.665. The SMILES string of the molecule is CC(C)(C)OC(=O)C1CCCCC1C(F)(F)F. The maximum Gasteiger partial charge on any atom is 0.392 e. The molecule has 1 aliphatic carbocycles. The zero-order valence-electron chi connectivity index (χ0n) is 10.4. The molecule has 5 heteroatoms. The van der Waals surface area contributed by atoms with E-state index >= 15 is 0 Å². The first-order valence-corrected chi connectivity index (χ1v) is 5.91. The van der Waals surface area contributed by atoms with Crippen LogP contribution in [-0.4, -0.2) is 17.7 Å². The summed E-state index contributed by atoms with van der Waals surface area (Å²) in [5.74, 6) is -3.27. The summed E-state index contributed by atoms with van der Waals surface area (Å²) in [7, 11) is 0. The van der Waals surface area contributed by atoms with E-state index in [1.807, 2.05) is 0 Å². The van der Waals surface area contributed by atoms with E-state index in [2.05, 4.69) is 0 Å². The van der Waals surface area contributed by atoms with Crippen molar-refractivity contribution >= 4 is 5.97 Å². The minimum Gasteiger partial charge on any atom is -0.460 e. The van der Waals surface area contributed by atoms with Gasteiger partial charge in [-0.25, -0.2) is 0 Å². The third-order valence-electron chi connectivity index (χ3n) is 2.90. The van der Waals surface area contributed by atoms with Crippen LogP contribution in [0, 0.1) is 11.8 Å². The Morgan fingerprint density at radius 3 is 2.12 bits per heavy atom. The summed E-state index contributed by atoms with van der Waals surface area (Å²) in [5.41, 5.74) is -0.731. The summed E-state index contributed by atoms with van der Waals surface area (Å²) in [6.45, 7) is 4.99. The van der Waals surface area contributed by atoms with Gasteiger partial charge in [-0.05, 0) is 33.6 Å². The lowest BCUT2D eigenvalue weighted by atomic mass is 9.78. The van der Waals surface area contributed by atoms with Crippen molar-refractivity contribution < 1.29 is 22.7 Å². The van der Waals surface area contributed by atoms with Crippen LogP contribution in [0.5, 0.6) is 0 Å². The summed E-state index contributed by atoms with van der Waals surface area (Å²) in [6.07, 6.45) is -2.80. The van der Waals surface area contributed by atoms with Crippen LogP contribution in [0.15, 0.2) is 0 Å². The molecule has 0 aliphatic heterocycles. The zero-order valence-corrected chi connectivity index (χ0v) is 10.4. The number of rotatable bonds is 1. The zero-order chi connectivity index (χ0) is 13.3. The molecule has 1 aliphatic rings. The molecule has 0 bridgehead atoms. The van der Waals surface area contributed by atoms with Crippen molar-refractivity contribution in [3.05, 3.63) is 0 Å². The van der Waals surface area contributed by atoms with Gasteiger partial charge in [0, 0.05) is 0 Å². The predicted octanol–water partition coefficient (Wildman–Crippen LogP) is 3.70. The van der Waals surface area contributed by atoms with E-state index in [1.165, 1.54) is 0 Å². The molecule has 0 aromatic carbocycles. The Morgan fingerprint density at radius 2 is 1.65 bits per heavy atom. The van der Waals surface area contributed by atoms with E-state index in [0.717, 1.165) is 0 Å². The Kier molecular flexibility index (Phi) is 4.10. The first kappa shape index (κ1) is 14.3. The van der Waals surface area contributed by atoms with Gasteiger partial charge in [-0.2, -0.15) is 13.2 Å². The maximum absolute atomic E-state index is 12.8. The van der Waals surface area contributed by atoms with Crippen LogP contribution in [-0.2, 0) is 9.53 Å². The van der Waals surface area contributed by atoms with E-state index in [0.29, 0.717) is 12.8 Å². The van der Waals surface area contributed by atoms with Gasteiger partial charge in [-0.1, -0.05) is 12.8 Å². The summed E-state index contributed by atoms with van der Waals surface area (Å²) >= 11 is 0. The van der Waals surface area contributed by atoms with Crippen molar-refractivity contribution in [3.8, 4) is 0 Å². The minimum atomic E-state index is -4.30. The Balaban J connectivity index is 2.75. The van der Waals surface area contributed by atoms with Gasteiger partial charge in [0.15, 0.2) is 0 Å². The highest BCUT2D eigenvalue weighted by Crippen LogP contribution is 2.42. The first-order valence-electron chi connectivity index (χ1n) is 5.91. The molecule has 1 rings (SSSR count). The lowest BCUT2D eigenvalue weighted by Gasteiger charge is -2.33. The van der Waals surface area contributed by atoms with E-state index in [-0.39, 0.29) is 12.8 Å². The van der Waals surface area contributed by atoms with Gasteiger partial charge in [0.2, 0.25) is 0 Å². The molecule has 0 heterocycles. The van der Waals surface area contributed by atoms with Crippen molar-refractivity contribution in [3.63, 3.8) is 0 Å². The smallest absolute Gasteiger partial charge is 0.392 e. The first-order chi connectivity index (χ1) is 7.61. The molecule has 0 N–H and O–H groups in total. The van der Waals surface area contributed by atoms with Crippen LogP contribution < -0.4 is 0 Å². The number of hydrogen-bond acceptors (Lipinski definition) is 2. The lowest BCUT2D eigenvalue weighted by Crippen LogP contribution is -2.40. The van der Waals surface area contributed by atoms with Gasteiger partial charge in [-0.15, -0.1) is 0 Å². The monoisotopic (exact) mass is 252 g/mol. The third kappa shape index (κ3) is 4.21. The molecule has 0 aromatic rings. The average Bonchev–Trinajstić information content (AvgIpc) is 2.13. The standard InChI is InChI=1S/C12H19F3O2/c1-11(2,3)17-10(16)8-6-4-5-7-9(8)12(13,14)15/h8-9H,4-7H2,1-3H3. The Hall–Kier alpha value is -0.740. The molecule has 2 unspecified atom stereocenters. The Bertz CT molecular complexity index is 278. The Morgan fingerprint density at radius 1 is 1.12 bits per heavy atom. The van der Waals surface area contributed by atoms with Gasteiger partial charge in [0.05, 0.1) is 11.8 Å². The molecule has 2 atom stereocenters. The van der Waals surface area contributed by atoms with E-state index < -0.39 is 29.6 Å². The second-order valence-corrected chi connectivity index (χ2v) is 5.57. The second-order valence-electron chi connectivity index (χ2n) is 5.57. The highest BCUT2D eigenvalue weighted by molar-refractivity contribution is 5.73. The second kappa shape index (κ2) is 4.86. The van der Waals surface area contributed by atoms with Gasteiger partial charge in [-0.3, -0.25) is 4.79 Å². The molecule has 0 aromatic heterocycles. The number of ether oxygens (including phenoxy) is 1. The van der Waals surface area contributed by atoms with Gasteiger partial charge in [0.1, 0.15) is 5.60 Å². The normalized spacial score (nSPS) is 26.7. The molecular formula is C12H19F3O2. The summed E-state index contributed by atoms with van der Waals surface area (Å²) in [4.78, 5) is 11.7. The number of hydrogen-bond donors (Lipinski definition) is 0. The summed E-state index contributed by atoms with van der Waals surface area (Å²) < 4.78 is 43.4. The molecule has 0 spiro atoms. The van der Waals surface area contributed by atoms with Crippen LogP contribution in [0.1, 0.15) is 46.5 Å². The van der Waals surface area contributed by atoms with Gasteiger partial charge in [0.25, 0.3) is 0 Å². The van der Waals surface area contributed by atoms with Crippen molar-refractivity contribution in [2.24, 2.45) is 11.8 Å². The fraction of sp³-hybridized carbons (Fsp3) is 0.917. The topological polar surface area (TPSA) is 26.3 Å². The van der Waals surface area contributed by atoms with Crippen LogP contribution in [0.2, 0.25) is 0 Å². The van der Waals surface area contributed by atoms with Crippen LogP contribution in [0.25, 0.3) is 0 Å². The number of carbonyl (C=O) groups is 1. The molecule has 2 nitrogen and oxygen atoms in total. The fourth-order valence-electron chi connectivity index (χ4n) is 2.18. The highest BCUT2D eigenvalue weighted by Gasteiger charge is 2.49. The van der Waals surface area contributed by atoms with Crippen molar-refractivity contribution in [2.45, 2.75) is 58.2 Å². The predicted molar refractivity (Wildman–Crippen MR) is 57.3 cm³/mol. The molecule has 100 valence electrons. The van der Waals surface area contributed by atoms with Crippen molar-refractivity contribution in [2.75, 3.05) is 0 Å². The van der Waals surface area contributed by atoms with Crippen LogP contribution >= 0.6 is 0 Å². The molecule has 1 saturated carbocycles. The number of halogens is 3. The maximum atomic E-state index is 12.8.